The molecule has 0 aliphatic rings. The number of halogens is 4. The van der Waals surface area contributed by atoms with E-state index in [1.807, 2.05) is 0 Å². The summed E-state index contributed by atoms with van der Waals surface area (Å²) in [6, 6.07) is 2.69. The van der Waals surface area contributed by atoms with Gasteiger partial charge in [0.05, 0.1) is 12.2 Å². The maximum Gasteiger partial charge on any atom is 0.417 e. The first-order chi connectivity index (χ1) is 8.25. The van der Waals surface area contributed by atoms with E-state index in [0.29, 0.717) is 0 Å². The van der Waals surface area contributed by atoms with Crippen molar-refractivity contribution in [3.8, 4) is 0 Å². The first kappa shape index (κ1) is 15.0. The molecule has 0 aromatic heterocycles. The lowest BCUT2D eigenvalue weighted by Crippen LogP contribution is -2.35. The fourth-order valence-corrected chi connectivity index (χ4v) is 1.71. The molecule has 1 amide bonds. The monoisotopic (exact) mass is 325 g/mol. The van der Waals surface area contributed by atoms with E-state index in [1.54, 1.807) is 6.92 Å². The van der Waals surface area contributed by atoms with Crippen LogP contribution in [0.4, 0.5) is 13.2 Å². The van der Waals surface area contributed by atoms with Crippen molar-refractivity contribution in [1.82, 2.24) is 5.32 Å². The maximum absolute atomic E-state index is 12.6. The molecule has 2 N–H and O–H groups in total. The molecule has 0 aliphatic heterocycles. The van der Waals surface area contributed by atoms with Gasteiger partial charge in [-0.25, -0.2) is 0 Å². The Hall–Kier alpha value is -1.08. The van der Waals surface area contributed by atoms with E-state index in [4.69, 9.17) is 5.11 Å². The molecule has 3 nitrogen and oxygen atoms in total. The number of aliphatic hydroxyl groups excluding tert-OH is 1. The van der Waals surface area contributed by atoms with Crippen molar-refractivity contribution < 1.29 is 23.1 Å². The average Bonchev–Trinajstić information content (AvgIpc) is 2.27. The van der Waals surface area contributed by atoms with E-state index in [1.165, 1.54) is 12.1 Å². The number of carbonyl (C=O) groups is 1. The Kier molecular flexibility index (Phi) is 4.75. The first-order valence-corrected chi connectivity index (χ1v) is 5.83. The molecule has 1 aromatic rings. The number of hydrogen-bond donors (Lipinski definition) is 2. The van der Waals surface area contributed by atoms with Gasteiger partial charge in [0.15, 0.2) is 0 Å². The Morgan fingerprint density at radius 1 is 1.50 bits per heavy atom. The summed E-state index contributed by atoms with van der Waals surface area (Å²) >= 11 is 2.79. The number of alkyl halides is 3. The second-order valence-corrected chi connectivity index (χ2v) is 4.60. The Balaban J connectivity index is 3.02. The predicted octanol–water partition coefficient (Wildman–Crippen LogP) is 2.58. The third-order valence-electron chi connectivity index (χ3n) is 2.19. The topological polar surface area (TPSA) is 49.3 Å². The lowest BCUT2D eigenvalue weighted by atomic mass is 10.1. The highest BCUT2D eigenvalue weighted by molar-refractivity contribution is 9.10. The molecule has 0 radical (unpaired) electrons. The minimum absolute atomic E-state index is 0.106. The number of benzene rings is 1. The summed E-state index contributed by atoms with van der Waals surface area (Å²) in [6.45, 7) is 1.26. The molecular formula is C11H11BrF3NO2. The molecule has 0 unspecified atom stereocenters. The van der Waals surface area contributed by atoms with E-state index in [2.05, 4.69) is 21.2 Å². The molecule has 0 spiro atoms. The number of nitrogens with one attached hydrogen (secondary N) is 1. The Bertz CT molecular complexity index is 448. The highest BCUT2D eigenvalue weighted by Gasteiger charge is 2.33. The molecule has 0 fully saturated rings. The third kappa shape index (κ3) is 3.71. The SMILES string of the molecule is C[C@H](CO)NC(=O)c1ccc(Br)c(C(F)(F)F)c1. The van der Waals surface area contributed by atoms with Crippen molar-refractivity contribution >= 4 is 21.8 Å². The van der Waals surface area contributed by atoms with Crippen molar-refractivity contribution in [3.05, 3.63) is 33.8 Å². The largest absolute Gasteiger partial charge is 0.417 e. The lowest BCUT2D eigenvalue weighted by molar-refractivity contribution is -0.138. The van der Waals surface area contributed by atoms with Gasteiger partial charge in [0.2, 0.25) is 0 Å². The van der Waals surface area contributed by atoms with Gasteiger partial charge in [0, 0.05) is 16.1 Å². The van der Waals surface area contributed by atoms with Crippen LogP contribution in [0.1, 0.15) is 22.8 Å². The second-order valence-electron chi connectivity index (χ2n) is 3.75. The average molecular weight is 326 g/mol. The van der Waals surface area contributed by atoms with E-state index >= 15 is 0 Å². The fraction of sp³-hybridized carbons (Fsp3) is 0.364. The van der Waals surface area contributed by atoms with Gasteiger partial charge < -0.3 is 10.4 Å². The number of amides is 1. The molecule has 1 atom stereocenters. The summed E-state index contributed by atoms with van der Waals surface area (Å²) in [5.74, 6) is -0.658. The van der Waals surface area contributed by atoms with Crippen LogP contribution in [0.5, 0.6) is 0 Å². The van der Waals surface area contributed by atoms with Crippen molar-refractivity contribution in [3.63, 3.8) is 0 Å². The summed E-state index contributed by atoms with van der Waals surface area (Å²) in [4.78, 5) is 11.6. The van der Waals surface area contributed by atoms with Gasteiger partial charge in [-0.05, 0) is 25.1 Å². The van der Waals surface area contributed by atoms with E-state index in [-0.39, 0.29) is 16.6 Å². The van der Waals surface area contributed by atoms with Crippen LogP contribution in [0.15, 0.2) is 22.7 Å². The molecule has 1 aromatic carbocycles. The van der Waals surface area contributed by atoms with Crippen LogP contribution in [-0.4, -0.2) is 23.7 Å². The lowest BCUT2D eigenvalue weighted by Gasteiger charge is -2.13. The van der Waals surface area contributed by atoms with E-state index < -0.39 is 23.7 Å². The Morgan fingerprint density at radius 2 is 2.11 bits per heavy atom. The molecule has 7 heteroatoms. The standard InChI is InChI=1S/C11H11BrF3NO2/c1-6(5-17)16-10(18)7-2-3-9(12)8(4-7)11(13,14)15/h2-4,6,17H,5H2,1H3,(H,16,18)/t6-/m1/s1. The first-order valence-electron chi connectivity index (χ1n) is 5.04. The highest BCUT2D eigenvalue weighted by atomic mass is 79.9. The highest BCUT2D eigenvalue weighted by Crippen LogP contribution is 2.35. The van der Waals surface area contributed by atoms with Gasteiger partial charge >= 0.3 is 6.18 Å². The number of aliphatic hydroxyl groups is 1. The van der Waals surface area contributed by atoms with Gasteiger partial charge in [-0.15, -0.1) is 0 Å². The molecule has 18 heavy (non-hydrogen) atoms. The quantitative estimate of drug-likeness (QED) is 0.897. The van der Waals surface area contributed by atoms with Crippen LogP contribution in [0.2, 0.25) is 0 Å². The summed E-state index contributed by atoms with van der Waals surface area (Å²) in [5.41, 5.74) is -1.02. The van der Waals surface area contributed by atoms with Crippen LogP contribution >= 0.6 is 15.9 Å². The Labute approximate surface area is 110 Å². The van der Waals surface area contributed by atoms with Crippen LogP contribution in [0.25, 0.3) is 0 Å². The maximum atomic E-state index is 12.6. The number of rotatable bonds is 3. The molecule has 0 aliphatic carbocycles. The zero-order chi connectivity index (χ0) is 13.9. The van der Waals surface area contributed by atoms with Crippen LogP contribution < -0.4 is 5.32 Å². The van der Waals surface area contributed by atoms with Crippen molar-refractivity contribution in [2.75, 3.05) is 6.61 Å². The molecule has 0 heterocycles. The molecule has 0 bridgehead atoms. The molecular weight excluding hydrogens is 315 g/mol. The Morgan fingerprint density at radius 3 is 2.61 bits per heavy atom. The predicted molar refractivity (Wildman–Crippen MR) is 63.2 cm³/mol. The van der Waals surface area contributed by atoms with Crippen LogP contribution in [0, 0.1) is 0 Å². The molecule has 0 saturated heterocycles. The summed E-state index contributed by atoms with van der Waals surface area (Å²) in [6.07, 6.45) is -4.53. The third-order valence-corrected chi connectivity index (χ3v) is 2.88. The molecule has 1 rings (SSSR count). The molecule has 100 valence electrons. The van der Waals surface area contributed by atoms with Crippen LogP contribution in [0.3, 0.4) is 0 Å². The second kappa shape index (κ2) is 5.71. The smallest absolute Gasteiger partial charge is 0.394 e. The normalized spacial score (nSPS) is 13.2. The fourth-order valence-electron chi connectivity index (χ4n) is 1.24. The summed E-state index contributed by atoms with van der Waals surface area (Å²) in [5, 5.41) is 11.1. The van der Waals surface area contributed by atoms with Gasteiger partial charge in [-0.1, -0.05) is 15.9 Å². The zero-order valence-corrected chi connectivity index (χ0v) is 11.0. The van der Waals surface area contributed by atoms with E-state index in [9.17, 15) is 18.0 Å². The van der Waals surface area contributed by atoms with Crippen molar-refractivity contribution in [1.29, 1.82) is 0 Å². The summed E-state index contributed by atoms with van der Waals surface area (Å²) < 4.78 is 37.7. The molecule has 0 saturated carbocycles. The van der Waals surface area contributed by atoms with Gasteiger partial charge in [-0.2, -0.15) is 13.2 Å². The minimum atomic E-state index is -4.53. The van der Waals surface area contributed by atoms with E-state index in [0.717, 1.165) is 6.07 Å². The van der Waals surface area contributed by atoms with Crippen molar-refractivity contribution in [2.45, 2.75) is 19.1 Å². The van der Waals surface area contributed by atoms with Crippen LogP contribution in [-0.2, 0) is 6.18 Å². The van der Waals surface area contributed by atoms with Crippen molar-refractivity contribution in [2.24, 2.45) is 0 Å². The van der Waals surface area contributed by atoms with Gasteiger partial charge in [-0.3, -0.25) is 4.79 Å². The number of carbonyl (C=O) groups excluding carboxylic acids is 1. The van der Waals surface area contributed by atoms with Gasteiger partial charge in [0.25, 0.3) is 5.91 Å². The minimum Gasteiger partial charge on any atom is -0.394 e. The number of hydrogen-bond acceptors (Lipinski definition) is 2. The zero-order valence-electron chi connectivity index (χ0n) is 9.38. The van der Waals surface area contributed by atoms with Gasteiger partial charge in [0.1, 0.15) is 0 Å². The summed E-state index contributed by atoms with van der Waals surface area (Å²) in [7, 11) is 0.